The summed E-state index contributed by atoms with van der Waals surface area (Å²) in [6.07, 6.45) is 4.15. The lowest BCUT2D eigenvalue weighted by Crippen LogP contribution is -2.41. The van der Waals surface area contributed by atoms with Crippen molar-refractivity contribution in [3.05, 3.63) is 59.7 Å². The summed E-state index contributed by atoms with van der Waals surface area (Å²) in [6, 6.07) is 14.8. The van der Waals surface area contributed by atoms with Crippen molar-refractivity contribution in [3.63, 3.8) is 0 Å². The molecule has 2 saturated heterocycles. The van der Waals surface area contributed by atoms with Crippen molar-refractivity contribution >= 4 is 5.91 Å². The molecular formula is C26H35N3O4. The molecule has 7 nitrogen and oxygen atoms in total. The van der Waals surface area contributed by atoms with E-state index in [2.05, 4.69) is 29.9 Å². The van der Waals surface area contributed by atoms with E-state index in [0.717, 1.165) is 36.1 Å². The van der Waals surface area contributed by atoms with Crippen LogP contribution in [0.4, 0.5) is 0 Å². The third kappa shape index (κ3) is 5.00. The number of phenolic OH excluding ortho intramolecular Hbond substituents is 1. The topological polar surface area (TPSA) is 83.1 Å². The Balaban J connectivity index is 1.60. The molecule has 2 aliphatic rings. The van der Waals surface area contributed by atoms with Crippen LogP contribution in [0.2, 0.25) is 0 Å². The molecule has 2 heterocycles. The molecule has 0 saturated carbocycles. The second-order valence-electron chi connectivity index (χ2n) is 8.83. The minimum Gasteiger partial charge on any atom is -0.508 e. The first-order valence-corrected chi connectivity index (χ1v) is 12.0. The zero-order chi connectivity index (χ0) is 23.2. The van der Waals surface area contributed by atoms with Crippen molar-refractivity contribution in [2.45, 2.75) is 50.7 Å². The lowest BCUT2D eigenvalue weighted by Gasteiger charge is -2.31. The summed E-state index contributed by atoms with van der Waals surface area (Å²) in [4.78, 5) is 15.4. The normalized spacial score (nSPS) is 24.3. The molecular weight excluding hydrogens is 418 g/mol. The number of likely N-dealkylation sites (tertiary alicyclic amines) is 1. The zero-order valence-electron chi connectivity index (χ0n) is 19.5. The van der Waals surface area contributed by atoms with Crippen LogP contribution in [0.15, 0.2) is 48.5 Å². The first-order chi connectivity index (χ1) is 16.2. The Kier molecular flexibility index (Phi) is 7.85. The maximum absolute atomic E-state index is 13.4. The van der Waals surface area contributed by atoms with Crippen LogP contribution in [0, 0.1) is 5.92 Å². The highest BCUT2D eigenvalue weighted by Crippen LogP contribution is 2.48. The Morgan fingerprint density at radius 3 is 2.45 bits per heavy atom. The highest BCUT2D eigenvalue weighted by molar-refractivity contribution is 5.86. The minimum absolute atomic E-state index is 0.0651. The van der Waals surface area contributed by atoms with Crippen molar-refractivity contribution in [2.24, 2.45) is 5.92 Å². The maximum Gasteiger partial charge on any atom is 0.242 e. The number of fused-ring (bicyclic) bond motifs is 1. The van der Waals surface area contributed by atoms with E-state index in [9.17, 15) is 9.90 Å². The van der Waals surface area contributed by atoms with E-state index in [1.165, 1.54) is 6.42 Å². The van der Waals surface area contributed by atoms with Gasteiger partial charge in [-0.1, -0.05) is 50.1 Å². The number of para-hydroxylation sites is 1. The number of carbonyl (C=O) groups excluding carboxylic acids is 1. The molecule has 2 fully saturated rings. The summed E-state index contributed by atoms with van der Waals surface area (Å²) in [6.45, 7) is 4.12. The van der Waals surface area contributed by atoms with E-state index in [-0.39, 0.29) is 35.7 Å². The summed E-state index contributed by atoms with van der Waals surface area (Å²) in [5.74, 6) is 1.09. The Labute approximate surface area is 196 Å². The number of carbonyl (C=O) groups is 1. The number of amides is 1. The van der Waals surface area contributed by atoms with E-state index < -0.39 is 0 Å². The van der Waals surface area contributed by atoms with Gasteiger partial charge in [0.25, 0.3) is 0 Å². The number of phenols is 1. The zero-order valence-corrected chi connectivity index (χ0v) is 19.5. The number of hydrogen-bond acceptors (Lipinski definition) is 6. The van der Waals surface area contributed by atoms with Crippen LogP contribution in [0.25, 0.3) is 0 Å². The SMILES string of the molecule is CCCCCOc1ccc(C2C3C(NNC3c3ccccc3O)C(=O)N2CCCOC)cc1. The monoisotopic (exact) mass is 453 g/mol. The molecule has 7 heteroatoms. The predicted octanol–water partition coefficient (Wildman–Crippen LogP) is 3.71. The van der Waals surface area contributed by atoms with Gasteiger partial charge in [-0.05, 0) is 36.6 Å². The summed E-state index contributed by atoms with van der Waals surface area (Å²) in [5, 5.41) is 10.5. The van der Waals surface area contributed by atoms with Crippen molar-refractivity contribution < 1.29 is 19.4 Å². The number of hydrogen-bond donors (Lipinski definition) is 3. The van der Waals surface area contributed by atoms with Gasteiger partial charge in [0.2, 0.25) is 5.91 Å². The fourth-order valence-corrected chi connectivity index (χ4v) is 5.05. The molecule has 2 aliphatic heterocycles. The minimum atomic E-state index is -0.355. The molecule has 4 atom stereocenters. The van der Waals surface area contributed by atoms with E-state index in [0.29, 0.717) is 19.8 Å². The number of hydrazine groups is 1. The number of nitrogens with one attached hydrogen (secondary N) is 2. The fourth-order valence-electron chi connectivity index (χ4n) is 5.05. The number of methoxy groups -OCH3 is 1. The molecule has 0 aromatic heterocycles. The number of benzene rings is 2. The van der Waals surface area contributed by atoms with Crippen molar-refractivity contribution in [1.82, 2.24) is 15.8 Å². The van der Waals surface area contributed by atoms with Gasteiger partial charge in [0, 0.05) is 31.7 Å². The van der Waals surface area contributed by atoms with E-state index in [4.69, 9.17) is 9.47 Å². The van der Waals surface area contributed by atoms with Gasteiger partial charge < -0.3 is 19.5 Å². The largest absolute Gasteiger partial charge is 0.508 e. The van der Waals surface area contributed by atoms with Gasteiger partial charge in [-0.15, -0.1) is 0 Å². The lowest BCUT2D eigenvalue weighted by atomic mass is 9.83. The number of unbranched alkanes of at least 4 members (excludes halogenated alkanes) is 2. The van der Waals surface area contributed by atoms with Crippen LogP contribution in [0.3, 0.4) is 0 Å². The third-order valence-electron chi connectivity index (χ3n) is 6.67. The Morgan fingerprint density at radius 1 is 0.970 bits per heavy atom. The van der Waals surface area contributed by atoms with Crippen LogP contribution >= 0.6 is 0 Å². The molecule has 2 aromatic carbocycles. The molecule has 178 valence electrons. The Hall–Kier alpha value is -2.61. The van der Waals surface area contributed by atoms with Gasteiger partial charge in [-0.3, -0.25) is 4.79 Å². The van der Waals surface area contributed by atoms with Crippen LogP contribution in [-0.4, -0.2) is 48.8 Å². The third-order valence-corrected chi connectivity index (χ3v) is 6.67. The van der Waals surface area contributed by atoms with Gasteiger partial charge in [-0.2, -0.15) is 0 Å². The van der Waals surface area contributed by atoms with Crippen molar-refractivity contribution in [3.8, 4) is 11.5 Å². The lowest BCUT2D eigenvalue weighted by molar-refractivity contribution is -0.131. The Bertz CT molecular complexity index is 920. The van der Waals surface area contributed by atoms with Crippen molar-refractivity contribution in [2.75, 3.05) is 26.9 Å². The summed E-state index contributed by atoms with van der Waals surface area (Å²) >= 11 is 0. The smallest absolute Gasteiger partial charge is 0.242 e. The Morgan fingerprint density at radius 2 is 1.73 bits per heavy atom. The van der Waals surface area contributed by atoms with E-state index >= 15 is 0 Å². The molecule has 0 aliphatic carbocycles. The molecule has 0 spiro atoms. The molecule has 1 amide bonds. The maximum atomic E-state index is 13.4. The van der Waals surface area contributed by atoms with E-state index in [1.54, 1.807) is 13.2 Å². The van der Waals surface area contributed by atoms with Gasteiger partial charge in [-0.25, -0.2) is 10.9 Å². The molecule has 33 heavy (non-hydrogen) atoms. The molecule has 3 N–H and O–H groups in total. The molecule has 4 unspecified atom stereocenters. The summed E-state index contributed by atoms with van der Waals surface area (Å²) in [5.41, 5.74) is 8.35. The average molecular weight is 454 g/mol. The summed E-state index contributed by atoms with van der Waals surface area (Å²) in [7, 11) is 1.68. The quantitative estimate of drug-likeness (QED) is 0.450. The summed E-state index contributed by atoms with van der Waals surface area (Å²) < 4.78 is 11.1. The fraction of sp³-hybridized carbons (Fsp3) is 0.500. The molecule has 0 bridgehead atoms. The predicted molar refractivity (Wildman–Crippen MR) is 127 cm³/mol. The van der Waals surface area contributed by atoms with E-state index in [1.807, 2.05) is 35.2 Å². The van der Waals surface area contributed by atoms with Gasteiger partial charge in [0.15, 0.2) is 0 Å². The van der Waals surface area contributed by atoms with Gasteiger partial charge in [0.05, 0.1) is 18.7 Å². The second kappa shape index (κ2) is 11.0. The van der Waals surface area contributed by atoms with Gasteiger partial charge >= 0.3 is 0 Å². The van der Waals surface area contributed by atoms with Crippen LogP contribution in [0.1, 0.15) is 55.8 Å². The van der Waals surface area contributed by atoms with Crippen molar-refractivity contribution in [1.29, 1.82) is 0 Å². The average Bonchev–Trinajstić information content (AvgIpc) is 3.37. The standard InChI is InChI=1S/C26H35N3O4/c1-3-4-7-17-33-19-13-11-18(12-14-19)25-22-23(20-9-5-6-10-21(20)30)27-28-24(22)26(31)29(25)15-8-16-32-2/h5-6,9-14,22-25,27-28,30H,3-4,7-8,15-17H2,1-2H3. The number of aromatic hydroxyl groups is 1. The highest BCUT2D eigenvalue weighted by atomic mass is 16.5. The molecule has 0 radical (unpaired) electrons. The highest BCUT2D eigenvalue weighted by Gasteiger charge is 2.55. The number of nitrogens with zero attached hydrogens (tertiary/aromatic N) is 1. The number of ether oxygens (including phenoxy) is 2. The van der Waals surface area contributed by atoms with Crippen LogP contribution < -0.4 is 15.6 Å². The molecule has 2 aromatic rings. The van der Waals surface area contributed by atoms with Crippen LogP contribution in [0.5, 0.6) is 11.5 Å². The molecule has 4 rings (SSSR count). The first kappa shape index (κ1) is 23.5. The van der Waals surface area contributed by atoms with Gasteiger partial charge in [0.1, 0.15) is 17.5 Å². The second-order valence-corrected chi connectivity index (χ2v) is 8.83. The number of rotatable bonds is 11. The van der Waals surface area contributed by atoms with Crippen LogP contribution in [-0.2, 0) is 9.53 Å². The first-order valence-electron chi connectivity index (χ1n) is 12.0.